The van der Waals surface area contributed by atoms with Gasteiger partial charge >= 0.3 is 0 Å². The molecule has 0 aliphatic heterocycles. The van der Waals surface area contributed by atoms with Crippen LogP contribution in [0.4, 0.5) is 5.82 Å². The molecule has 0 aliphatic carbocycles. The number of anilines is 1. The van der Waals surface area contributed by atoms with E-state index in [2.05, 4.69) is 51.6 Å². The predicted octanol–water partition coefficient (Wildman–Crippen LogP) is 6.33. The lowest BCUT2D eigenvalue weighted by Gasteiger charge is -2.17. The molecule has 0 spiro atoms. The van der Waals surface area contributed by atoms with Crippen LogP contribution in [0.25, 0.3) is 22.4 Å². The number of halogens is 2. The standard InChI is InChI=1S/C23H21Cl2N5/c1-14(16-5-4-6-17(9-16)18-12-26-30(3)13-18)27-23-11-22(28-15(2)29-23)20-8-7-19(24)10-21(20)25/h4-14H,1-3H3,(H,27,28,29). The summed E-state index contributed by atoms with van der Waals surface area (Å²) in [5.74, 6) is 1.40. The molecule has 7 heteroatoms. The van der Waals surface area contributed by atoms with E-state index in [1.54, 1.807) is 16.8 Å². The highest BCUT2D eigenvalue weighted by atomic mass is 35.5. The lowest BCUT2D eigenvalue weighted by molar-refractivity contribution is 0.768. The number of hydrogen-bond acceptors (Lipinski definition) is 4. The average molecular weight is 438 g/mol. The van der Waals surface area contributed by atoms with Gasteiger partial charge in [-0.25, -0.2) is 9.97 Å². The molecule has 0 fully saturated rings. The highest BCUT2D eigenvalue weighted by Crippen LogP contribution is 2.31. The third kappa shape index (κ3) is 4.48. The number of nitrogens with zero attached hydrogens (tertiary/aromatic N) is 4. The number of benzene rings is 2. The van der Waals surface area contributed by atoms with Crippen molar-refractivity contribution in [2.45, 2.75) is 19.9 Å². The molecule has 4 rings (SSSR count). The van der Waals surface area contributed by atoms with Gasteiger partial charge in [-0.15, -0.1) is 0 Å². The van der Waals surface area contributed by atoms with Crippen molar-refractivity contribution in [3.63, 3.8) is 0 Å². The third-order valence-electron chi connectivity index (χ3n) is 4.83. The largest absolute Gasteiger partial charge is 0.363 e. The third-order valence-corrected chi connectivity index (χ3v) is 5.38. The molecular formula is C23H21Cl2N5. The fraction of sp³-hybridized carbons (Fsp3) is 0.174. The van der Waals surface area contributed by atoms with E-state index in [9.17, 15) is 0 Å². The van der Waals surface area contributed by atoms with Crippen molar-refractivity contribution in [2.75, 3.05) is 5.32 Å². The topological polar surface area (TPSA) is 55.6 Å². The van der Waals surface area contributed by atoms with Crippen LogP contribution in [0, 0.1) is 6.92 Å². The Morgan fingerprint density at radius 1 is 1.00 bits per heavy atom. The second kappa shape index (κ2) is 8.46. The zero-order valence-electron chi connectivity index (χ0n) is 16.9. The summed E-state index contributed by atoms with van der Waals surface area (Å²) in [5, 5.41) is 8.90. The van der Waals surface area contributed by atoms with Crippen molar-refractivity contribution in [2.24, 2.45) is 7.05 Å². The van der Waals surface area contributed by atoms with Gasteiger partial charge in [0.1, 0.15) is 11.6 Å². The van der Waals surface area contributed by atoms with Crippen molar-refractivity contribution >= 4 is 29.0 Å². The van der Waals surface area contributed by atoms with Gasteiger partial charge in [0.25, 0.3) is 0 Å². The van der Waals surface area contributed by atoms with Crippen molar-refractivity contribution < 1.29 is 0 Å². The molecule has 30 heavy (non-hydrogen) atoms. The molecule has 0 bridgehead atoms. The van der Waals surface area contributed by atoms with Gasteiger partial charge in [0.05, 0.1) is 16.9 Å². The van der Waals surface area contributed by atoms with Crippen molar-refractivity contribution in [1.82, 2.24) is 19.7 Å². The minimum absolute atomic E-state index is 0.0458. The Labute approximate surface area is 185 Å². The van der Waals surface area contributed by atoms with Gasteiger partial charge in [-0.05, 0) is 49.2 Å². The molecule has 4 aromatic rings. The van der Waals surface area contributed by atoms with Gasteiger partial charge < -0.3 is 5.32 Å². The fourth-order valence-corrected chi connectivity index (χ4v) is 3.85. The normalized spacial score (nSPS) is 12.0. The van der Waals surface area contributed by atoms with E-state index < -0.39 is 0 Å². The lowest BCUT2D eigenvalue weighted by atomic mass is 10.0. The van der Waals surface area contributed by atoms with Crippen molar-refractivity contribution in [3.05, 3.63) is 82.4 Å². The predicted molar refractivity (Wildman–Crippen MR) is 123 cm³/mol. The van der Waals surface area contributed by atoms with E-state index in [0.29, 0.717) is 15.9 Å². The highest BCUT2D eigenvalue weighted by molar-refractivity contribution is 6.36. The van der Waals surface area contributed by atoms with Crippen LogP contribution in [0.1, 0.15) is 24.4 Å². The first-order valence-electron chi connectivity index (χ1n) is 9.55. The van der Waals surface area contributed by atoms with Gasteiger partial charge in [-0.3, -0.25) is 4.68 Å². The zero-order valence-corrected chi connectivity index (χ0v) is 18.4. The van der Waals surface area contributed by atoms with E-state index in [4.69, 9.17) is 23.2 Å². The van der Waals surface area contributed by atoms with E-state index in [1.807, 2.05) is 38.5 Å². The zero-order chi connectivity index (χ0) is 21.3. The number of rotatable bonds is 5. The SMILES string of the molecule is Cc1nc(NC(C)c2cccc(-c3cnn(C)c3)c2)cc(-c2ccc(Cl)cc2Cl)n1. The molecule has 5 nitrogen and oxygen atoms in total. The summed E-state index contributed by atoms with van der Waals surface area (Å²) in [5.41, 5.74) is 4.94. The molecule has 0 radical (unpaired) electrons. The molecule has 2 aromatic carbocycles. The fourth-order valence-electron chi connectivity index (χ4n) is 3.34. The van der Waals surface area contributed by atoms with Gasteiger partial charge in [0.15, 0.2) is 0 Å². The quantitative estimate of drug-likeness (QED) is 0.396. The summed E-state index contributed by atoms with van der Waals surface area (Å²) in [6, 6.07) is 15.8. The van der Waals surface area contributed by atoms with Crippen LogP contribution < -0.4 is 5.32 Å². The van der Waals surface area contributed by atoms with Crippen LogP contribution in [-0.4, -0.2) is 19.7 Å². The molecule has 0 saturated carbocycles. The molecular weight excluding hydrogens is 417 g/mol. The Morgan fingerprint density at radius 3 is 2.57 bits per heavy atom. The van der Waals surface area contributed by atoms with E-state index >= 15 is 0 Å². The van der Waals surface area contributed by atoms with Gasteiger partial charge in [-0.1, -0.05) is 41.4 Å². The number of aryl methyl sites for hydroxylation is 2. The van der Waals surface area contributed by atoms with E-state index in [-0.39, 0.29) is 6.04 Å². The van der Waals surface area contributed by atoms with Crippen LogP contribution >= 0.6 is 23.2 Å². The second-order valence-electron chi connectivity index (χ2n) is 7.20. The Kier molecular flexibility index (Phi) is 5.75. The maximum atomic E-state index is 6.38. The molecule has 2 heterocycles. The molecule has 0 amide bonds. The Bertz CT molecular complexity index is 1200. The summed E-state index contributed by atoms with van der Waals surface area (Å²) in [7, 11) is 1.92. The van der Waals surface area contributed by atoms with Gasteiger partial charge in [0, 0.05) is 41.5 Å². The van der Waals surface area contributed by atoms with E-state index in [0.717, 1.165) is 33.8 Å². The van der Waals surface area contributed by atoms with Crippen molar-refractivity contribution in [3.8, 4) is 22.4 Å². The maximum Gasteiger partial charge on any atom is 0.130 e. The Balaban J connectivity index is 1.61. The first-order valence-corrected chi connectivity index (χ1v) is 10.3. The van der Waals surface area contributed by atoms with Gasteiger partial charge in [-0.2, -0.15) is 5.10 Å². The maximum absolute atomic E-state index is 6.38. The number of hydrogen-bond donors (Lipinski definition) is 1. The molecule has 1 atom stereocenters. The molecule has 0 saturated heterocycles. The molecule has 0 aliphatic rings. The van der Waals surface area contributed by atoms with Crippen LogP contribution in [0.15, 0.2) is 60.9 Å². The van der Waals surface area contributed by atoms with Crippen LogP contribution in [0.5, 0.6) is 0 Å². The average Bonchev–Trinajstić information content (AvgIpc) is 3.14. The lowest BCUT2D eigenvalue weighted by Crippen LogP contribution is -2.09. The van der Waals surface area contributed by atoms with Crippen LogP contribution in [0.3, 0.4) is 0 Å². The molecule has 2 aromatic heterocycles. The Morgan fingerprint density at radius 2 is 1.83 bits per heavy atom. The highest BCUT2D eigenvalue weighted by Gasteiger charge is 2.12. The smallest absolute Gasteiger partial charge is 0.130 e. The number of nitrogens with one attached hydrogen (secondary N) is 1. The monoisotopic (exact) mass is 437 g/mol. The van der Waals surface area contributed by atoms with Crippen LogP contribution in [-0.2, 0) is 7.05 Å². The summed E-state index contributed by atoms with van der Waals surface area (Å²) in [6.07, 6.45) is 3.88. The van der Waals surface area contributed by atoms with Crippen molar-refractivity contribution in [1.29, 1.82) is 0 Å². The first kappa shape index (κ1) is 20.4. The minimum Gasteiger partial charge on any atom is -0.363 e. The first-order chi connectivity index (χ1) is 14.4. The summed E-state index contributed by atoms with van der Waals surface area (Å²) < 4.78 is 1.80. The molecule has 152 valence electrons. The Hall–Kier alpha value is -2.89. The molecule has 1 N–H and O–H groups in total. The number of aromatic nitrogens is 4. The minimum atomic E-state index is 0.0458. The second-order valence-corrected chi connectivity index (χ2v) is 8.05. The van der Waals surface area contributed by atoms with E-state index in [1.165, 1.54) is 0 Å². The molecule has 1 unspecified atom stereocenters. The summed E-state index contributed by atoms with van der Waals surface area (Å²) in [4.78, 5) is 9.09. The summed E-state index contributed by atoms with van der Waals surface area (Å²) in [6.45, 7) is 3.97. The van der Waals surface area contributed by atoms with Gasteiger partial charge in [0.2, 0.25) is 0 Å². The summed E-state index contributed by atoms with van der Waals surface area (Å²) >= 11 is 12.4. The van der Waals surface area contributed by atoms with Crippen LogP contribution in [0.2, 0.25) is 10.0 Å².